The fourth-order valence-electron chi connectivity index (χ4n) is 2.16. The largest absolute Gasteiger partial charge is 0.445 e. The Morgan fingerprint density at radius 1 is 1.42 bits per heavy atom. The van der Waals surface area contributed by atoms with Crippen molar-refractivity contribution < 1.29 is 14.3 Å². The van der Waals surface area contributed by atoms with Crippen molar-refractivity contribution in [1.82, 2.24) is 10.6 Å². The minimum atomic E-state index is -0.483. The number of hydrogen-bond donors (Lipinski definition) is 2. The summed E-state index contributed by atoms with van der Waals surface area (Å²) in [7, 11) is 0. The summed E-state index contributed by atoms with van der Waals surface area (Å²) in [5.74, 6) is -0.0276. The summed E-state index contributed by atoms with van der Waals surface area (Å²) in [6.45, 7) is 2.21. The van der Waals surface area contributed by atoms with Gasteiger partial charge < -0.3 is 15.4 Å². The van der Waals surface area contributed by atoms with Crippen LogP contribution >= 0.6 is 0 Å². The molecule has 1 saturated heterocycles. The number of rotatable bonds is 4. The first-order chi connectivity index (χ1) is 9.19. The Kier molecular flexibility index (Phi) is 4.39. The molecular formula is C14H18N2O3. The van der Waals surface area contributed by atoms with Gasteiger partial charge in [-0.2, -0.15) is 0 Å². The van der Waals surface area contributed by atoms with Gasteiger partial charge in [0.05, 0.1) is 6.04 Å². The predicted molar refractivity (Wildman–Crippen MR) is 70.4 cm³/mol. The molecular weight excluding hydrogens is 244 g/mol. The first-order valence-corrected chi connectivity index (χ1v) is 6.45. The Hall–Kier alpha value is -2.04. The molecule has 1 unspecified atom stereocenters. The summed E-state index contributed by atoms with van der Waals surface area (Å²) in [4.78, 5) is 22.9. The van der Waals surface area contributed by atoms with Crippen LogP contribution in [0.3, 0.4) is 0 Å². The van der Waals surface area contributed by atoms with Gasteiger partial charge in [0.25, 0.3) is 0 Å². The van der Waals surface area contributed by atoms with Crippen molar-refractivity contribution in [3.63, 3.8) is 0 Å². The van der Waals surface area contributed by atoms with E-state index in [0.717, 1.165) is 12.0 Å². The zero-order valence-corrected chi connectivity index (χ0v) is 10.9. The lowest BCUT2D eigenvalue weighted by Gasteiger charge is -2.18. The van der Waals surface area contributed by atoms with Crippen molar-refractivity contribution in [1.29, 1.82) is 0 Å². The maximum Gasteiger partial charge on any atom is 0.407 e. The maximum absolute atomic E-state index is 11.7. The normalized spacial score (nSPS) is 21.8. The number of alkyl carbamates (subject to hydrolysis) is 1. The molecule has 5 nitrogen and oxygen atoms in total. The van der Waals surface area contributed by atoms with Crippen LogP contribution in [0, 0.1) is 0 Å². The number of amides is 2. The molecule has 102 valence electrons. The molecule has 0 radical (unpaired) electrons. The van der Waals surface area contributed by atoms with Crippen molar-refractivity contribution >= 4 is 12.0 Å². The van der Waals surface area contributed by atoms with Crippen molar-refractivity contribution in [2.24, 2.45) is 0 Å². The van der Waals surface area contributed by atoms with Crippen LogP contribution < -0.4 is 10.6 Å². The number of carbonyl (C=O) groups excluding carboxylic acids is 2. The average Bonchev–Trinajstić information content (AvgIpc) is 2.77. The summed E-state index contributed by atoms with van der Waals surface area (Å²) in [6, 6.07) is 9.29. The van der Waals surface area contributed by atoms with E-state index in [9.17, 15) is 9.59 Å². The highest BCUT2D eigenvalue weighted by atomic mass is 16.5. The van der Waals surface area contributed by atoms with E-state index in [1.54, 1.807) is 0 Å². The minimum absolute atomic E-state index is 0.00299. The summed E-state index contributed by atoms with van der Waals surface area (Å²) >= 11 is 0. The topological polar surface area (TPSA) is 67.4 Å². The first-order valence-electron chi connectivity index (χ1n) is 6.45. The Morgan fingerprint density at radius 2 is 2.16 bits per heavy atom. The van der Waals surface area contributed by atoms with Crippen LogP contribution in [-0.2, 0) is 16.1 Å². The summed E-state index contributed by atoms with van der Waals surface area (Å²) in [5, 5.41) is 5.56. The van der Waals surface area contributed by atoms with E-state index in [1.165, 1.54) is 0 Å². The van der Waals surface area contributed by atoms with E-state index in [1.807, 2.05) is 37.3 Å². The Labute approximate surface area is 112 Å². The predicted octanol–water partition coefficient (Wildman–Crippen LogP) is 1.58. The van der Waals surface area contributed by atoms with Gasteiger partial charge in [0, 0.05) is 12.5 Å². The summed E-state index contributed by atoms with van der Waals surface area (Å²) < 4.78 is 5.13. The second-order valence-corrected chi connectivity index (χ2v) is 4.60. The Balaban J connectivity index is 1.80. The zero-order valence-electron chi connectivity index (χ0n) is 10.9. The van der Waals surface area contributed by atoms with Gasteiger partial charge in [-0.15, -0.1) is 0 Å². The van der Waals surface area contributed by atoms with Gasteiger partial charge in [0.1, 0.15) is 6.61 Å². The molecule has 0 spiro atoms. The van der Waals surface area contributed by atoms with E-state index < -0.39 is 6.09 Å². The van der Waals surface area contributed by atoms with Gasteiger partial charge in [0.2, 0.25) is 5.91 Å². The van der Waals surface area contributed by atoms with Gasteiger partial charge in [-0.05, 0) is 12.0 Å². The zero-order chi connectivity index (χ0) is 13.7. The second-order valence-electron chi connectivity index (χ2n) is 4.60. The van der Waals surface area contributed by atoms with E-state index in [-0.39, 0.29) is 24.6 Å². The van der Waals surface area contributed by atoms with Crippen molar-refractivity contribution in [2.45, 2.75) is 38.5 Å². The van der Waals surface area contributed by atoms with Crippen LogP contribution in [0.4, 0.5) is 4.79 Å². The quantitative estimate of drug-likeness (QED) is 0.865. The van der Waals surface area contributed by atoms with Gasteiger partial charge in [-0.25, -0.2) is 4.79 Å². The van der Waals surface area contributed by atoms with E-state index in [4.69, 9.17) is 4.74 Å². The number of ether oxygens (including phenoxy) is 1. The molecule has 1 aromatic carbocycles. The third-order valence-electron chi connectivity index (χ3n) is 3.19. The molecule has 5 heteroatoms. The minimum Gasteiger partial charge on any atom is -0.445 e. The van der Waals surface area contributed by atoms with Gasteiger partial charge in [-0.1, -0.05) is 37.3 Å². The summed E-state index contributed by atoms with van der Waals surface area (Å²) in [6.07, 6.45) is 0.623. The van der Waals surface area contributed by atoms with Crippen LogP contribution in [0.1, 0.15) is 25.3 Å². The van der Waals surface area contributed by atoms with Gasteiger partial charge in [0.15, 0.2) is 0 Å². The molecule has 1 aliphatic heterocycles. The molecule has 2 N–H and O–H groups in total. The molecule has 1 aromatic rings. The number of nitrogens with one attached hydrogen (secondary N) is 2. The molecule has 1 heterocycles. The molecule has 0 aliphatic carbocycles. The Morgan fingerprint density at radius 3 is 2.84 bits per heavy atom. The Bertz CT molecular complexity index is 447. The van der Waals surface area contributed by atoms with Crippen LogP contribution in [0.5, 0.6) is 0 Å². The van der Waals surface area contributed by atoms with E-state index >= 15 is 0 Å². The smallest absolute Gasteiger partial charge is 0.407 e. The molecule has 2 amide bonds. The monoisotopic (exact) mass is 262 g/mol. The lowest BCUT2D eigenvalue weighted by molar-refractivity contribution is -0.119. The molecule has 0 bridgehead atoms. The van der Waals surface area contributed by atoms with E-state index in [2.05, 4.69) is 10.6 Å². The van der Waals surface area contributed by atoms with Gasteiger partial charge in [-0.3, -0.25) is 4.79 Å². The van der Waals surface area contributed by atoms with Gasteiger partial charge >= 0.3 is 6.09 Å². The molecule has 0 aromatic heterocycles. The second kappa shape index (κ2) is 6.22. The van der Waals surface area contributed by atoms with Crippen molar-refractivity contribution in [3.05, 3.63) is 35.9 Å². The standard InChI is InChI=1S/C14H18N2O3/c1-2-11-12(8-13(17)15-11)16-14(18)19-9-10-6-4-3-5-7-10/h3-7,11-12H,2,8-9H2,1H3,(H,15,17)(H,16,18)/t11?,12-/m0/s1. The molecule has 1 aliphatic rings. The molecule has 2 atom stereocenters. The SMILES string of the molecule is CCC1NC(=O)C[C@@H]1NC(=O)OCc1ccccc1. The number of benzene rings is 1. The van der Waals surface area contributed by atoms with Crippen molar-refractivity contribution in [2.75, 3.05) is 0 Å². The lowest BCUT2D eigenvalue weighted by Crippen LogP contribution is -2.43. The highest BCUT2D eigenvalue weighted by Gasteiger charge is 2.32. The maximum atomic E-state index is 11.7. The highest BCUT2D eigenvalue weighted by Crippen LogP contribution is 2.11. The lowest BCUT2D eigenvalue weighted by atomic mass is 10.1. The van der Waals surface area contributed by atoms with Crippen LogP contribution in [0.15, 0.2) is 30.3 Å². The molecule has 19 heavy (non-hydrogen) atoms. The van der Waals surface area contributed by atoms with E-state index in [0.29, 0.717) is 6.42 Å². The number of hydrogen-bond acceptors (Lipinski definition) is 3. The molecule has 0 saturated carbocycles. The average molecular weight is 262 g/mol. The van der Waals surface area contributed by atoms with Crippen LogP contribution in [0.25, 0.3) is 0 Å². The van der Waals surface area contributed by atoms with Crippen LogP contribution in [0.2, 0.25) is 0 Å². The third kappa shape index (κ3) is 3.71. The first kappa shape index (κ1) is 13.4. The fourth-order valence-corrected chi connectivity index (χ4v) is 2.16. The third-order valence-corrected chi connectivity index (χ3v) is 3.19. The fraction of sp³-hybridized carbons (Fsp3) is 0.429. The highest BCUT2D eigenvalue weighted by molar-refractivity contribution is 5.81. The van der Waals surface area contributed by atoms with Crippen LogP contribution in [-0.4, -0.2) is 24.1 Å². The summed E-state index contributed by atoms with van der Waals surface area (Å²) in [5.41, 5.74) is 0.935. The molecule has 2 rings (SSSR count). The molecule has 1 fully saturated rings. The van der Waals surface area contributed by atoms with Crippen molar-refractivity contribution in [3.8, 4) is 0 Å². The number of carbonyl (C=O) groups is 2.